The molecule has 1 aromatic carbocycles. The second-order valence-corrected chi connectivity index (χ2v) is 3.27. The number of hydrogen-bond donors (Lipinski definition) is 0. The maximum Gasteiger partial charge on any atom is 0.338 e. The molecule has 0 aliphatic rings. The molecule has 0 radical (unpaired) electrons. The lowest BCUT2D eigenvalue weighted by Crippen LogP contribution is -2.06. The topological polar surface area (TPSA) is 43.4 Å². The smallest absolute Gasteiger partial charge is 0.338 e. The molecule has 0 aliphatic carbocycles. The number of halogens is 1. The first-order valence-electron chi connectivity index (χ1n) is 5.06. The van der Waals surface area contributed by atoms with Crippen LogP contribution in [0.15, 0.2) is 24.3 Å². The SMILES string of the molecule is O=Cc1ccc(C(=O)OCCCCF)cc1. The van der Waals surface area contributed by atoms with Gasteiger partial charge in [-0.25, -0.2) is 4.79 Å². The van der Waals surface area contributed by atoms with Crippen molar-refractivity contribution in [1.82, 2.24) is 0 Å². The van der Waals surface area contributed by atoms with Crippen LogP contribution in [0.2, 0.25) is 0 Å². The lowest BCUT2D eigenvalue weighted by molar-refractivity contribution is 0.0496. The molecule has 4 heteroatoms. The van der Waals surface area contributed by atoms with E-state index < -0.39 is 12.6 Å². The predicted molar refractivity (Wildman–Crippen MR) is 57.3 cm³/mol. The third-order valence-corrected chi connectivity index (χ3v) is 2.04. The zero-order valence-electron chi connectivity index (χ0n) is 8.82. The molecular weight excluding hydrogens is 211 g/mol. The Kier molecular flexibility index (Phi) is 5.19. The average molecular weight is 224 g/mol. The van der Waals surface area contributed by atoms with Gasteiger partial charge >= 0.3 is 5.97 Å². The molecule has 0 N–H and O–H groups in total. The quantitative estimate of drug-likeness (QED) is 0.423. The molecule has 0 amide bonds. The summed E-state index contributed by atoms with van der Waals surface area (Å²) in [6, 6.07) is 6.15. The first kappa shape index (κ1) is 12.4. The standard InChI is InChI=1S/C12H13FO3/c13-7-1-2-8-16-12(15)11-5-3-10(9-14)4-6-11/h3-6,9H,1-2,7-8H2. The molecule has 0 heterocycles. The summed E-state index contributed by atoms with van der Waals surface area (Å²) in [5.74, 6) is -0.448. The minimum absolute atomic E-state index is 0.220. The van der Waals surface area contributed by atoms with Crippen molar-refractivity contribution in [3.05, 3.63) is 35.4 Å². The highest BCUT2D eigenvalue weighted by molar-refractivity contribution is 5.90. The van der Waals surface area contributed by atoms with Crippen molar-refractivity contribution in [2.75, 3.05) is 13.3 Å². The summed E-state index contributed by atoms with van der Waals surface area (Å²) in [4.78, 5) is 21.8. The van der Waals surface area contributed by atoms with Gasteiger partial charge in [0.2, 0.25) is 0 Å². The molecule has 86 valence electrons. The number of esters is 1. The molecule has 1 rings (SSSR count). The maximum absolute atomic E-state index is 11.8. The van der Waals surface area contributed by atoms with Crippen molar-refractivity contribution in [2.45, 2.75) is 12.8 Å². The first-order valence-corrected chi connectivity index (χ1v) is 5.06. The number of carbonyl (C=O) groups excluding carboxylic acids is 2. The van der Waals surface area contributed by atoms with Crippen molar-refractivity contribution < 1.29 is 18.7 Å². The summed E-state index contributed by atoms with van der Waals surface area (Å²) in [5.41, 5.74) is 0.903. The first-order chi connectivity index (χ1) is 7.77. The highest BCUT2D eigenvalue weighted by Gasteiger charge is 2.06. The molecule has 0 atom stereocenters. The molecule has 0 saturated carbocycles. The van der Waals surface area contributed by atoms with Crippen LogP contribution >= 0.6 is 0 Å². The number of ether oxygens (including phenoxy) is 1. The fourth-order valence-corrected chi connectivity index (χ4v) is 1.14. The molecule has 0 saturated heterocycles. The average Bonchev–Trinajstić information content (AvgIpc) is 2.34. The summed E-state index contributed by atoms with van der Waals surface area (Å²) in [6.07, 6.45) is 1.63. The van der Waals surface area contributed by atoms with Crippen molar-refractivity contribution in [2.24, 2.45) is 0 Å². The van der Waals surface area contributed by atoms with Crippen LogP contribution < -0.4 is 0 Å². The van der Waals surface area contributed by atoms with Gasteiger partial charge in [0, 0.05) is 5.56 Å². The van der Waals surface area contributed by atoms with E-state index in [1.54, 1.807) is 12.1 Å². The largest absolute Gasteiger partial charge is 0.462 e. The van der Waals surface area contributed by atoms with E-state index in [0.717, 1.165) is 0 Å². The van der Waals surface area contributed by atoms with Crippen LogP contribution in [0.25, 0.3) is 0 Å². The zero-order chi connectivity index (χ0) is 11.8. The Morgan fingerprint density at radius 1 is 1.25 bits per heavy atom. The van der Waals surface area contributed by atoms with E-state index in [1.165, 1.54) is 12.1 Å². The van der Waals surface area contributed by atoms with Gasteiger partial charge in [0.05, 0.1) is 18.8 Å². The van der Waals surface area contributed by atoms with Crippen molar-refractivity contribution in [3.8, 4) is 0 Å². The third-order valence-electron chi connectivity index (χ3n) is 2.04. The highest BCUT2D eigenvalue weighted by Crippen LogP contribution is 2.05. The molecular formula is C12H13FO3. The Balaban J connectivity index is 2.43. The van der Waals surface area contributed by atoms with Crippen LogP contribution in [0.3, 0.4) is 0 Å². The molecule has 0 aliphatic heterocycles. The molecule has 0 aromatic heterocycles. The van der Waals surface area contributed by atoms with E-state index in [2.05, 4.69) is 0 Å². The Labute approximate surface area is 93.2 Å². The Hall–Kier alpha value is -1.71. The third kappa shape index (κ3) is 3.81. The number of aldehydes is 1. The van der Waals surface area contributed by atoms with Crippen LogP contribution in [-0.4, -0.2) is 25.5 Å². The summed E-state index contributed by atoms with van der Waals surface area (Å²) in [7, 11) is 0. The molecule has 0 spiro atoms. The van der Waals surface area contributed by atoms with Gasteiger partial charge in [0.1, 0.15) is 6.29 Å². The van der Waals surface area contributed by atoms with Crippen LogP contribution in [0.5, 0.6) is 0 Å². The maximum atomic E-state index is 11.8. The van der Waals surface area contributed by atoms with Crippen LogP contribution in [0.1, 0.15) is 33.6 Å². The van der Waals surface area contributed by atoms with Gasteiger partial charge in [-0.1, -0.05) is 12.1 Å². The van der Waals surface area contributed by atoms with Crippen LogP contribution in [0, 0.1) is 0 Å². The van der Waals surface area contributed by atoms with Gasteiger partial charge in [-0.3, -0.25) is 9.18 Å². The van der Waals surface area contributed by atoms with E-state index in [1.807, 2.05) is 0 Å². The summed E-state index contributed by atoms with van der Waals surface area (Å²) in [5, 5.41) is 0. The van der Waals surface area contributed by atoms with Gasteiger partial charge in [-0.15, -0.1) is 0 Å². The second kappa shape index (κ2) is 6.71. The van der Waals surface area contributed by atoms with Gasteiger partial charge in [-0.2, -0.15) is 0 Å². The number of benzene rings is 1. The number of carbonyl (C=O) groups is 2. The van der Waals surface area contributed by atoms with E-state index in [-0.39, 0.29) is 6.61 Å². The molecule has 1 aromatic rings. The Bertz CT molecular complexity index is 346. The van der Waals surface area contributed by atoms with Gasteiger partial charge in [-0.05, 0) is 25.0 Å². The monoisotopic (exact) mass is 224 g/mol. The second-order valence-electron chi connectivity index (χ2n) is 3.27. The van der Waals surface area contributed by atoms with E-state index in [4.69, 9.17) is 4.74 Å². The molecule has 0 bridgehead atoms. The lowest BCUT2D eigenvalue weighted by atomic mass is 10.1. The summed E-state index contributed by atoms with van der Waals surface area (Å²) >= 11 is 0. The van der Waals surface area contributed by atoms with Crippen LogP contribution in [0.4, 0.5) is 4.39 Å². The number of rotatable bonds is 6. The number of hydrogen-bond acceptors (Lipinski definition) is 3. The van der Waals surface area contributed by atoms with E-state index >= 15 is 0 Å². The fourth-order valence-electron chi connectivity index (χ4n) is 1.14. The predicted octanol–water partition coefficient (Wildman–Crippen LogP) is 2.41. The molecule has 0 unspecified atom stereocenters. The van der Waals surface area contributed by atoms with Gasteiger partial charge in [0.15, 0.2) is 0 Å². The van der Waals surface area contributed by atoms with Crippen molar-refractivity contribution in [3.63, 3.8) is 0 Å². The lowest BCUT2D eigenvalue weighted by Gasteiger charge is -2.03. The zero-order valence-corrected chi connectivity index (χ0v) is 8.82. The highest BCUT2D eigenvalue weighted by atomic mass is 19.1. The molecule has 3 nitrogen and oxygen atoms in total. The normalized spacial score (nSPS) is 9.81. The molecule has 0 fully saturated rings. The number of alkyl halides is 1. The van der Waals surface area contributed by atoms with Gasteiger partial charge < -0.3 is 4.74 Å². The van der Waals surface area contributed by atoms with Crippen molar-refractivity contribution in [1.29, 1.82) is 0 Å². The minimum atomic E-state index is -0.448. The summed E-state index contributed by atoms with van der Waals surface area (Å²) in [6.45, 7) is -0.177. The van der Waals surface area contributed by atoms with Crippen LogP contribution in [-0.2, 0) is 4.74 Å². The molecule has 16 heavy (non-hydrogen) atoms. The van der Waals surface area contributed by atoms with Gasteiger partial charge in [0.25, 0.3) is 0 Å². The Morgan fingerprint density at radius 2 is 1.94 bits per heavy atom. The Morgan fingerprint density at radius 3 is 2.50 bits per heavy atom. The van der Waals surface area contributed by atoms with Crippen molar-refractivity contribution >= 4 is 12.3 Å². The summed E-state index contributed by atoms with van der Waals surface area (Å²) < 4.78 is 16.7. The fraction of sp³-hybridized carbons (Fsp3) is 0.333. The minimum Gasteiger partial charge on any atom is -0.462 e. The van der Waals surface area contributed by atoms with E-state index in [9.17, 15) is 14.0 Å². The van der Waals surface area contributed by atoms with E-state index in [0.29, 0.717) is 30.3 Å². The number of unbranched alkanes of at least 4 members (excludes halogenated alkanes) is 1.